The number of carbonyl (C=O) groups excluding carboxylic acids is 1. The summed E-state index contributed by atoms with van der Waals surface area (Å²) in [5, 5.41) is 2.95. The van der Waals surface area contributed by atoms with Gasteiger partial charge < -0.3 is 5.32 Å². The van der Waals surface area contributed by atoms with Crippen LogP contribution in [0.25, 0.3) is 11.2 Å². The van der Waals surface area contributed by atoms with Crippen LogP contribution in [0.2, 0.25) is 0 Å². The van der Waals surface area contributed by atoms with Gasteiger partial charge in [-0.2, -0.15) is 0 Å². The molecule has 5 nitrogen and oxygen atoms in total. The van der Waals surface area contributed by atoms with Gasteiger partial charge in [0, 0.05) is 18.6 Å². The molecule has 2 heterocycles. The molecule has 1 N–H and O–H groups in total. The monoisotopic (exact) mass is 278 g/mol. The first-order valence-corrected chi connectivity index (χ1v) is 6.66. The molecular formula is C16H14N4O. The second kappa shape index (κ2) is 5.66. The van der Waals surface area contributed by atoms with Gasteiger partial charge in [-0.1, -0.05) is 30.3 Å². The van der Waals surface area contributed by atoms with E-state index >= 15 is 0 Å². The molecule has 0 saturated carbocycles. The maximum Gasteiger partial charge on any atom is 0.253 e. The largest absolute Gasteiger partial charge is 0.345 e. The van der Waals surface area contributed by atoms with Crippen LogP contribution in [0.5, 0.6) is 0 Å². The van der Waals surface area contributed by atoms with Crippen LogP contribution in [0.1, 0.15) is 28.9 Å². The molecule has 1 unspecified atom stereocenters. The fourth-order valence-electron chi connectivity index (χ4n) is 2.09. The third kappa shape index (κ3) is 2.86. The van der Waals surface area contributed by atoms with Gasteiger partial charge in [-0.25, -0.2) is 9.97 Å². The second-order valence-electron chi connectivity index (χ2n) is 4.73. The van der Waals surface area contributed by atoms with E-state index in [9.17, 15) is 4.79 Å². The van der Waals surface area contributed by atoms with Crippen molar-refractivity contribution in [1.82, 2.24) is 20.3 Å². The van der Waals surface area contributed by atoms with E-state index < -0.39 is 0 Å². The maximum atomic E-state index is 12.3. The van der Waals surface area contributed by atoms with E-state index in [-0.39, 0.29) is 11.9 Å². The van der Waals surface area contributed by atoms with Crippen molar-refractivity contribution in [1.29, 1.82) is 0 Å². The predicted molar refractivity (Wildman–Crippen MR) is 79.7 cm³/mol. The lowest BCUT2D eigenvalue weighted by Gasteiger charge is -2.14. The smallest absolute Gasteiger partial charge is 0.253 e. The number of aromatic nitrogens is 3. The number of nitrogens with one attached hydrogen (secondary N) is 1. The zero-order valence-electron chi connectivity index (χ0n) is 11.5. The predicted octanol–water partition coefficient (Wildman–Crippen LogP) is 2.52. The Kier molecular flexibility index (Phi) is 3.55. The lowest BCUT2D eigenvalue weighted by atomic mass is 10.1. The van der Waals surface area contributed by atoms with E-state index in [2.05, 4.69) is 20.3 Å². The fourth-order valence-corrected chi connectivity index (χ4v) is 2.09. The summed E-state index contributed by atoms with van der Waals surface area (Å²) in [5.74, 6) is -0.175. The third-order valence-corrected chi connectivity index (χ3v) is 3.23. The van der Waals surface area contributed by atoms with E-state index in [0.717, 1.165) is 5.56 Å². The number of amides is 1. The molecule has 0 aliphatic carbocycles. The molecule has 3 aromatic rings. The van der Waals surface area contributed by atoms with Crippen LogP contribution in [-0.2, 0) is 0 Å². The van der Waals surface area contributed by atoms with Crippen LogP contribution in [-0.4, -0.2) is 20.9 Å². The molecule has 21 heavy (non-hydrogen) atoms. The molecular weight excluding hydrogens is 264 g/mol. The first-order valence-electron chi connectivity index (χ1n) is 6.66. The van der Waals surface area contributed by atoms with Crippen molar-refractivity contribution in [3.63, 3.8) is 0 Å². The summed E-state index contributed by atoms with van der Waals surface area (Å²) in [6, 6.07) is 11.4. The summed E-state index contributed by atoms with van der Waals surface area (Å²) in [4.78, 5) is 24.7. The summed E-state index contributed by atoms with van der Waals surface area (Å²) < 4.78 is 0. The lowest BCUT2D eigenvalue weighted by molar-refractivity contribution is 0.0939. The molecule has 0 aliphatic rings. The molecule has 2 aromatic heterocycles. The van der Waals surface area contributed by atoms with Gasteiger partial charge in [0.25, 0.3) is 5.91 Å². The first-order chi connectivity index (χ1) is 10.2. The summed E-state index contributed by atoms with van der Waals surface area (Å²) in [5.41, 5.74) is 2.67. The Bertz CT molecular complexity index is 773. The highest BCUT2D eigenvalue weighted by molar-refractivity contribution is 5.96. The molecule has 0 spiro atoms. The molecule has 104 valence electrons. The minimum atomic E-state index is -0.175. The maximum absolute atomic E-state index is 12.3. The molecule has 1 amide bonds. The highest BCUT2D eigenvalue weighted by atomic mass is 16.1. The number of hydrogen-bond donors (Lipinski definition) is 1. The van der Waals surface area contributed by atoms with Gasteiger partial charge in [0.2, 0.25) is 0 Å². The SMILES string of the molecule is CC(NC(=O)c1cnc2nccnc2c1)c1ccccc1. The highest BCUT2D eigenvalue weighted by Crippen LogP contribution is 2.13. The Morgan fingerprint density at radius 2 is 1.86 bits per heavy atom. The van der Waals surface area contributed by atoms with Crippen LogP contribution >= 0.6 is 0 Å². The van der Waals surface area contributed by atoms with Gasteiger partial charge in [0.15, 0.2) is 5.65 Å². The molecule has 5 heteroatoms. The fraction of sp³-hybridized carbons (Fsp3) is 0.125. The van der Waals surface area contributed by atoms with Crippen molar-refractivity contribution in [2.24, 2.45) is 0 Å². The van der Waals surface area contributed by atoms with Gasteiger partial charge >= 0.3 is 0 Å². The number of fused-ring (bicyclic) bond motifs is 1. The quantitative estimate of drug-likeness (QED) is 0.799. The summed E-state index contributed by atoms with van der Waals surface area (Å²) in [7, 11) is 0. The van der Waals surface area contributed by atoms with Gasteiger partial charge in [-0.3, -0.25) is 9.78 Å². The van der Waals surface area contributed by atoms with E-state index in [1.54, 1.807) is 18.5 Å². The summed E-state index contributed by atoms with van der Waals surface area (Å²) in [6.07, 6.45) is 4.68. The minimum Gasteiger partial charge on any atom is -0.345 e. The second-order valence-corrected chi connectivity index (χ2v) is 4.73. The van der Waals surface area contributed by atoms with E-state index in [4.69, 9.17) is 0 Å². The Labute approximate surface area is 122 Å². The minimum absolute atomic E-state index is 0.0729. The number of nitrogens with zero attached hydrogens (tertiary/aromatic N) is 3. The zero-order valence-corrected chi connectivity index (χ0v) is 11.5. The Morgan fingerprint density at radius 3 is 2.67 bits per heavy atom. The summed E-state index contributed by atoms with van der Waals surface area (Å²) >= 11 is 0. The molecule has 0 aliphatic heterocycles. The number of hydrogen-bond acceptors (Lipinski definition) is 4. The van der Waals surface area contributed by atoms with E-state index in [0.29, 0.717) is 16.7 Å². The van der Waals surface area contributed by atoms with Crippen LogP contribution in [0.3, 0.4) is 0 Å². The van der Waals surface area contributed by atoms with E-state index in [1.807, 2.05) is 37.3 Å². The van der Waals surface area contributed by atoms with Crippen molar-refractivity contribution < 1.29 is 4.79 Å². The number of pyridine rings is 1. The first kappa shape index (κ1) is 13.2. The van der Waals surface area contributed by atoms with Gasteiger partial charge in [-0.15, -0.1) is 0 Å². The van der Waals surface area contributed by atoms with Crippen LogP contribution < -0.4 is 5.32 Å². The Hall–Kier alpha value is -2.82. The standard InChI is InChI=1S/C16H14N4O/c1-11(12-5-3-2-4-6-12)20-16(21)13-9-14-15(19-10-13)18-8-7-17-14/h2-11H,1H3,(H,20,21). The number of rotatable bonds is 3. The highest BCUT2D eigenvalue weighted by Gasteiger charge is 2.12. The van der Waals surface area contributed by atoms with Crippen LogP contribution in [0, 0.1) is 0 Å². The summed E-state index contributed by atoms with van der Waals surface area (Å²) in [6.45, 7) is 1.95. The molecule has 1 aromatic carbocycles. The molecule has 0 saturated heterocycles. The van der Waals surface area contributed by atoms with Crippen LogP contribution in [0.4, 0.5) is 0 Å². The van der Waals surface area contributed by atoms with Gasteiger partial charge in [0.05, 0.1) is 11.6 Å². The number of benzene rings is 1. The topological polar surface area (TPSA) is 67.8 Å². The van der Waals surface area contributed by atoms with Gasteiger partial charge in [-0.05, 0) is 18.6 Å². The lowest BCUT2D eigenvalue weighted by Crippen LogP contribution is -2.26. The van der Waals surface area contributed by atoms with Crippen molar-refractivity contribution in [3.05, 3.63) is 66.1 Å². The van der Waals surface area contributed by atoms with Gasteiger partial charge in [0.1, 0.15) is 5.52 Å². The average Bonchev–Trinajstić information content (AvgIpc) is 2.55. The molecule has 0 radical (unpaired) electrons. The van der Waals surface area contributed by atoms with Crippen molar-refractivity contribution in [2.75, 3.05) is 0 Å². The zero-order chi connectivity index (χ0) is 14.7. The molecule has 3 rings (SSSR count). The van der Waals surface area contributed by atoms with Crippen molar-refractivity contribution >= 4 is 17.1 Å². The third-order valence-electron chi connectivity index (χ3n) is 3.23. The van der Waals surface area contributed by atoms with E-state index in [1.165, 1.54) is 6.20 Å². The van der Waals surface area contributed by atoms with Crippen molar-refractivity contribution in [2.45, 2.75) is 13.0 Å². The molecule has 0 fully saturated rings. The molecule has 1 atom stereocenters. The Morgan fingerprint density at radius 1 is 1.10 bits per heavy atom. The molecule has 0 bridgehead atoms. The average molecular weight is 278 g/mol. The Balaban J connectivity index is 1.80. The van der Waals surface area contributed by atoms with Crippen molar-refractivity contribution in [3.8, 4) is 0 Å². The number of carbonyl (C=O) groups is 1. The van der Waals surface area contributed by atoms with Crippen LogP contribution in [0.15, 0.2) is 55.0 Å². The normalized spacial score (nSPS) is 12.0.